The fraction of sp³-hybridized carbons (Fsp3) is 0.0930. The number of pyridine rings is 1. The van der Waals surface area contributed by atoms with Crippen molar-refractivity contribution in [2.24, 2.45) is 0 Å². The molecule has 1 nitrogen and oxygen atoms in total. The molecule has 0 amide bonds. The van der Waals surface area contributed by atoms with Crippen LogP contribution in [-0.2, 0) is 10.8 Å². The van der Waals surface area contributed by atoms with Crippen molar-refractivity contribution >= 4 is 22.7 Å². The number of hydrogen-bond acceptors (Lipinski definition) is 2. The number of rotatable bonds is 2. The number of para-hydroxylation sites is 1. The van der Waals surface area contributed by atoms with E-state index in [0.29, 0.717) is 0 Å². The number of benzene rings is 6. The third kappa shape index (κ3) is 3.67. The summed E-state index contributed by atoms with van der Waals surface area (Å²) in [5.41, 5.74) is 13.2. The summed E-state index contributed by atoms with van der Waals surface area (Å²) in [5.74, 6) is 0. The molecule has 45 heavy (non-hydrogen) atoms. The minimum absolute atomic E-state index is 0.125. The van der Waals surface area contributed by atoms with Crippen molar-refractivity contribution in [3.63, 3.8) is 0 Å². The first kappa shape index (κ1) is 26.5. The Labute approximate surface area is 268 Å². The number of aromatic nitrogens is 1. The molecule has 1 spiro atoms. The minimum Gasteiger partial charge on any atom is -0.248 e. The minimum atomic E-state index is -0.449. The summed E-state index contributed by atoms with van der Waals surface area (Å²) in [7, 11) is 0. The molecule has 9 rings (SSSR count). The zero-order valence-electron chi connectivity index (χ0n) is 25.3. The van der Waals surface area contributed by atoms with Gasteiger partial charge in [0.25, 0.3) is 0 Å². The second kappa shape index (κ2) is 9.79. The molecule has 2 aliphatic rings. The highest BCUT2D eigenvalue weighted by molar-refractivity contribution is 7.99. The summed E-state index contributed by atoms with van der Waals surface area (Å²) in [6, 6.07) is 55.7. The van der Waals surface area contributed by atoms with Crippen LogP contribution in [0.5, 0.6) is 0 Å². The van der Waals surface area contributed by atoms with Crippen LogP contribution in [0.2, 0.25) is 0 Å². The van der Waals surface area contributed by atoms with Crippen molar-refractivity contribution in [2.75, 3.05) is 0 Å². The van der Waals surface area contributed by atoms with E-state index in [1.807, 2.05) is 11.8 Å². The monoisotopic (exact) mass is 593 g/mol. The standard InChI is InChI=1S/C43H31NS/c1-42(2)32-19-7-9-21-34(32)43(35-22-10-8-20-33(35)42)36-23-11-13-26-40(36)45-41-30(18-14-24-37(41)43)39-27-31(28-15-4-3-5-16-28)29-17-6-12-25-38(29)44-39/h3-27H,1-2H3. The zero-order valence-corrected chi connectivity index (χ0v) is 26.1. The molecule has 2 heterocycles. The molecule has 1 aliphatic carbocycles. The summed E-state index contributed by atoms with van der Waals surface area (Å²) in [5, 5.41) is 1.17. The topological polar surface area (TPSA) is 12.9 Å². The van der Waals surface area contributed by atoms with Crippen LogP contribution < -0.4 is 0 Å². The highest BCUT2D eigenvalue weighted by Gasteiger charge is 2.52. The normalized spacial score (nSPS) is 15.2. The smallest absolute Gasteiger partial charge is 0.0729 e. The van der Waals surface area contributed by atoms with Gasteiger partial charge in [0, 0.05) is 26.2 Å². The lowest BCUT2D eigenvalue weighted by Crippen LogP contribution is -2.43. The molecule has 214 valence electrons. The van der Waals surface area contributed by atoms with E-state index >= 15 is 0 Å². The van der Waals surface area contributed by atoms with E-state index < -0.39 is 5.41 Å². The van der Waals surface area contributed by atoms with Crippen molar-refractivity contribution in [2.45, 2.75) is 34.5 Å². The van der Waals surface area contributed by atoms with Gasteiger partial charge in [-0.05, 0) is 62.7 Å². The molecule has 0 unspecified atom stereocenters. The van der Waals surface area contributed by atoms with Gasteiger partial charge >= 0.3 is 0 Å². The van der Waals surface area contributed by atoms with Crippen LogP contribution in [0, 0.1) is 0 Å². The summed E-state index contributed by atoms with van der Waals surface area (Å²) in [6.07, 6.45) is 0. The summed E-state index contributed by atoms with van der Waals surface area (Å²) < 4.78 is 0. The Hall–Kier alpha value is -4.92. The molecule has 1 aliphatic heterocycles. The fourth-order valence-electron chi connectivity index (χ4n) is 8.02. The van der Waals surface area contributed by atoms with Crippen LogP contribution >= 0.6 is 11.8 Å². The number of nitrogens with zero attached hydrogens (tertiary/aromatic N) is 1. The van der Waals surface area contributed by atoms with Crippen LogP contribution in [0.1, 0.15) is 47.2 Å². The van der Waals surface area contributed by atoms with E-state index in [1.54, 1.807) is 0 Å². The average molecular weight is 594 g/mol. The maximum absolute atomic E-state index is 5.33. The van der Waals surface area contributed by atoms with Gasteiger partial charge in [0.1, 0.15) is 0 Å². The molecule has 2 heteroatoms. The van der Waals surface area contributed by atoms with Crippen molar-refractivity contribution in [1.29, 1.82) is 0 Å². The van der Waals surface area contributed by atoms with Crippen LogP contribution in [-0.4, -0.2) is 4.98 Å². The quantitative estimate of drug-likeness (QED) is 0.198. The third-order valence-corrected chi connectivity index (χ3v) is 11.2. The molecule has 0 N–H and O–H groups in total. The van der Waals surface area contributed by atoms with E-state index in [4.69, 9.17) is 4.98 Å². The maximum atomic E-state index is 5.33. The summed E-state index contributed by atoms with van der Waals surface area (Å²) in [4.78, 5) is 7.90. The molecular formula is C43H31NS. The van der Waals surface area contributed by atoms with Gasteiger partial charge in [0.2, 0.25) is 0 Å². The lowest BCUT2D eigenvalue weighted by atomic mass is 9.54. The van der Waals surface area contributed by atoms with E-state index in [9.17, 15) is 0 Å². The lowest BCUT2D eigenvalue weighted by molar-refractivity contribution is 0.549. The Morgan fingerprint density at radius 3 is 1.80 bits per heavy atom. The van der Waals surface area contributed by atoms with Crippen LogP contribution in [0.3, 0.4) is 0 Å². The van der Waals surface area contributed by atoms with E-state index in [0.717, 1.165) is 11.2 Å². The summed E-state index contributed by atoms with van der Waals surface area (Å²) in [6.45, 7) is 4.75. The van der Waals surface area contributed by atoms with Gasteiger partial charge in [-0.25, -0.2) is 4.98 Å². The van der Waals surface area contributed by atoms with Crippen molar-refractivity contribution in [1.82, 2.24) is 4.98 Å². The highest BCUT2D eigenvalue weighted by atomic mass is 32.2. The van der Waals surface area contributed by atoms with Gasteiger partial charge in [0.15, 0.2) is 0 Å². The van der Waals surface area contributed by atoms with Crippen molar-refractivity contribution in [3.8, 4) is 22.4 Å². The molecule has 0 atom stereocenters. The van der Waals surface area contributed by atoms with Gasteiger partial charge in [-0.3, -0.25) is 0 Å². The Morgan fingerprint density at radius 1 is 0.489 bits per heavy atom. The lowest BCUT2D eigenvalue weighted by Gasteiger charge is -2.50. The van der Waals surface area contributed by atoms with Crippen LogP contribution in [0.4, 0.5) is 0 Å². The predicted octanol–water partition coefficient (Wildman–Crippen LogP) is 11.1. The van der Waals surface area contributed by atoms with Crippen molar-refractivity contribution in [3.05, 3.63) is 185 Å². The van der Waals surface area contributed by atoms with Crippen molar-refractivity contribution < 1.29 is 0 Å². The molecular weight excluding hydrogens is 563 g/mol. The Kier molecular flexibility index (Phi) is 5.76. The Morgan fingerprint density at radius 2 is 1.07 bits per heavy atom. The zero-order chi connectivity index (χ0) is 30.2. The van der Waals surface area contributed by atoms with Gasteiger partial charge in [-0.2, -0.15) is 0 Å². The molecule has 0 radical (unpaired) electrons. The fourth-order valence-corrected chi connectivity index (χ4v) is 9.33. The van der Waals surface area contributed by atoms with Gasteiger partial charge in [0.05, 0.1) is 16.6 Å². The van der Waals surface area contributed by atoms with Crippen LogP contribution in [0.15, 0.2) is 161 Å². The first-order valence-corrected chi connectivity index (χ1v) is 16.5. The second-order valence-corrected chi connectivity index (χ2v) is 13.7. The first-order chi connectivity index (χ1) is 22.1. The maximum Gasteiger partial charge on any atom is 0.0729 e. The van der Waals surface area contributed by atoms with E-state index in [1.165, 1.54) is 65.2 Å². The highest BCUT2D eigenvalue weighted by Crippen LogP contribution is 2.62. The third-order valence-electron chi connectivity index (χ3n) is 10.0. The molecule has 0 fully saturated rings. The predicted molar refractivity (Wildman–Crippen MR) is 187 cm³/mol. The number of hydrogen-bond donors (Lipinski definition) is 0. The molecule has 6 aromatic carbocycles. The van der Waals surface area contributed by atoms with E-state index in [-0.39, 0.29) is 5.41 Å². The van der Waals surface area contributed by atoms with E-state index in [2.05, 4.69) is 166 Å². The molecule has 0 saturated carbocycles. The summed E-state index contributed by atoms with van der Waals surface area (Å²) >= 11 is 1.89. The van der Waals surface area contributed by atoms with Gasteiger partial charge in [-0.1, -0.05) is 159 Å². The van der Waals surface area contributed by atoms with Crippen LogP contribution in [0.25, 0.3) is 33.3 Å². The molecule has 7 aromatic rings. The average Bonchev–Trinajstić information content (AvgIpc) is 3.10. The molecule has 1 aromatic heterocycles. The number of fused-ring (bicyclic) bond motifs is 9. The molecule has 0 saturated heterocycles. The first-order valence-electron chi connectivity index (χ1n) is 15.6. The van der Waals surface area contributed by atoms with Gasteiger partial charge < -0.3 is 0 Å². The SMILES string of the molecule is CC1(C)c2ccccc2C2(c3ccccc3Sc3c(-c4cc(-c5ccccc5)c5ccccc5n4)cccc32)c2ccccc21. The Balaban J connectivity index is 1.40. The van der Waals surface area contributed by atoms with Gasteiger partial charge in [-0.15, -0.1) is 0 Å². The second-order valence-electron chi connectivity index (χ2n) is 12.7. The Bertz CT molecular complexity index is 2230. The largest absolute Gasteiger partial charge is 0.248 e. The molecule has 0 bridgehead atoms.